The molecule has 0 aliphatic rings. The average molecular weight is 203 g/mol. The highest BCUT2D eigenvalue weighted by atomic mass is 31.1. The molecule has 1 nitrogen and oxygen atoms in total. The summed E-state index contributed by atoms with van der Waals surface area (Å²) in [7, 11) is 3.25. The number of unbranched alkanes of at least 4 members (excludes halogenated alkanes) is 5. The highest BCUT2D eigenvalue weighted by Crippen LogP contribution is 2.13. The zero-order chi connectivity index (χ0) is 9.78. The van der Waals surface area contributed by atoms with Gasteiger partial charge in [-0.05, 0) is 38.8 Å². The predicted octanol–water partition coefficient (Wildman–Crippen LogP) is 3.24. The number of hydrogen-bond acceptors (Lipinski definition) is 1. The zero-order valence-corrected chi connectivity index (χ0v) is 10.4. The van der Waals surface area contributed by atoms with E-state index >= 15 is 0 Å². The highest BCUT2D eigenvalue weighted by molar-refractivity contribution is 7.37. The summed E-state index contributed by atoms with van der Waals surface area (Å²) < 4.78 is 0. The van der Waals surface area contributed by atoms with Gasteiger partial charge in [-0.2, -0.15) is 0 Å². The average Bonchev–Trinajstić information content (AvgIpc) is 2.16. The van der Waals surface area contributed by atoms with Crippen LogP contribution in [0.3, 0.4) is 0 Å². The van der Waals surface area contributed by atoms with Crippen molar-refractivity contribution >= 4 is 8.58 Å². The third-order valence-electron chi connectivity index (χ3n) is 2.28. The summed E-state index contributed by atoms with van der Waals surface area (Å²) in [6, 6.07) is 0. The second-order valence-electron chi connectivity index (χ2n) is 3.58. The summed E-state index contributed by atoms with van der Waals surface area (Å²) in [5.41, 5.74) is 0. The van der Waals surface area contributed by atoms with E-state index in [2.05, 4.69) is 12.2 Å². The molecule has 0 saturated carbocycles. The van der Waals surface area contributed by atoms with Crippen LogP contribution < -0.4 is 5.32 Å². The topological polar surface area (TPSA) is 12.0 Å². The van der Waals surface area contributed by atoms with E-state index < -0.39 is 0 Å². The fraction of sp³-hybridized carbons (Fsp3) is 1.00. The third-order valence-corrected chi connectivity index (χ3v) is 3.49. The molecule has 13 heavy (non-hydrogen) atoms. The lowest BCUT2D eigenvalue weighted by molar-refractivity contribution is 0.593. The zero-order valence-electron chi connectivity index (χ0n) is 9.36. The van der Waals surface area contributed by atoms with E-state index in [0.717, 1.165) is 0 Å². The molecule has 2 heteroatoms. The Labute approximate surface area is 85.9 Å². The number of hydrogen-bond donors (Lipinski definition) is 1. The maximum atomic E-state index is 3.19. The van der Waals surface area contributed by atoms with E-state index in [4.69, 9.17) is 0 Å². The van der Waals surface area contributed by atoms with Crippen LogP contribution in [0.25, 0.3) is 0 Å². The Bertz CT molecular complexity index is 76.2. The molecule has 0 aromatic rings. The standard InChI is InChI=1S/C11H26NP/c1-3-13-11-9-7-5-4-6-8-10-12-2/h12-13H,3-11H2,1-2H3. The van der Waals surface area contributed by atoms with Crippen LogP contribution in [0.1, 0.15) is 45.4 Å². The lowest BCUT2D eigenvalue weighted by atomic mass is 10.1. The number of nitrogens with one attached hydrogen (secondary N) is 1. The third kappa shape index (κ3) is 12.4. The van der Waals surface area contributed by atoms with Crippen molar-refractivity contribution in [3.63, 3.8) is 0 Å². The molecule has 0 rings (SSSR count). The molecule has 0 aromatic carbocycles. The molecule has 0 spiro atoms. The van der Waals surface area contributed by atoms with Gasteiger partial charge in [0.15, 0.2) is 0 Å². The van der Waals surface area contributed by atoms with Crippen molar-refractivity contribution in [2.24, 2.45) is 0 Å². The van der Waals surface area contributed by atoms with E-state index in [9.17, 15) is 0 Å². The van der Waals surface area contributed by atoms with Gasteiger partial charge in [0.2, 0.25) is 0 Å². The molecule has 0 saturated heterocycles. The first kappa shape index (κ1) is 13.4. The van der Waals surface area contributed by atoms with E-state index in [1.165, 1.54) is 66.0 Å². The molecular formula is C11H26NP. The van der Waals surface area contributed by atoms with E-state index in [1.54, 1.807) is 0 Å². The van der Waals surface area contributed by atoms with Crippen molar-refractivity contribution in [1.82, 2.24) is 5.32 Å². The number of rotatable bonds is 10. The molecule has 1 unspecified atom stereocenters. The van der Waals surface area contributed by atoms with Crippen LogP contribution in [0.2, 0.25) is 0 Å². The Kier molecular flexibility index (Phi) is 12.8. The minimum Gasteiger partial charge on any atom is -0.320 e. The van der Waals surface area contributed by atoms with E-state index in [0.29, 0.717) is 0 Å². The van der Waals surface area contributed by atoms with Gasteiger partial charge in [0.1, 0.15) is 0 Å². The Hall–Kier alpha value is 0.390. The normalized spacial score (nSPS) is 11.5. The van der Waals surface area contributed by atoms with Crippen molar-refractivity contribution in [2.75, 3.05) is 25.9 Å². The minimum atomic E-state index is 1.19. The molecule has 0 aromatic heterocycles. The maximum Gasteiger partial charge on any atom is -0.00519 e. The van der Waals surface area contributed by atoms with Crippen molar-refractivity contribution in [1.29, 1.82) is 0 Å². The van der Waals surface area contributed by atoms with Crippen LogP contribution >= 0.6 is 8.58 Å². The Morgan fingerprint density at radius 2 is 1.54 bits per heavy atom. The molecule has 0 bridgehead atoms. The first-order valence-corrected chi connectivity index (χ1v) is 7.18. The summed E-state index contributed by atoms with van der Waals surface area (Å²) in [5.74, 6) is 0. The first-order chi connectivity index (χ1) is 6.41. The van der Waals surface area contributed by atoms with Gasteiger partial charge in [-0.25, -0.2) is 0 Å². The van der Waals surface area contributed by atoms with E-state index in [-0.39, 0.29) is 0 Å². The summed E-state index contributed by atoms with van der Waals surface area (Å²) in [6.07, 6.45) is 11.5. The second kappa shape index (κ2) is 12.4. The molecule has 0 amide bonds. The van der Waals surface area contributed by atoms with Gasteiger partial charge in [-0.15, -0.1) is 8.58 Å². The lowest BCUT2D eigenvalue weighted by Gasteiger charge is -2.01. The largest absolute Gasteiger partial charge is 0.320 e. The van der Waals surface area contributed by atoms with Crippen LogP contribution in [0, 0.1) is 0 Å². The van der Waals surface area contributed by atoms with Gasteiger partial charge in [0, 0.05) is 0 Å². The lowest BCUT2D eigenvalue weighted by Crippen LogP contribution is -2.06. The van der Waals surface area contributed by atoms with Crippen molar-refractivity contribution in [3.8, 4) is 0 Å². The van der Waals surface area contributed by atoms with Crippen LogP contribution in [-0.4, -0.2) is 25.9 Å². The molecule has 0 radical (unpaired) electrons. The molecule has 0 aliphatic carbocycles. The van der Waals surface area contributed by atoms with Crippen LogP contribution in [0.4, 0.5) is 0 Å². The van der Waals surface area contributed by atoms with Gasteiger partial charge < -0.3 is 5.32 Å². The summed E-state index contributed by atoms with van der Waals surface area (Å²) in [5, 5.41) is 3.19. The van der Waals surface area contributed by atoms with Crippen LogP contribution in [-0.2, 0) is 0 Å². The molecule has 1 atom stereocenters. The molecular weight excluding hydrogens is 177 g/mol. The Morgan fingerprint density at radius 1 is 0.923 bits per heavy atom. The molecule has 0 aliphatic heterocycles. The van der Waals surface area contributed by atoms with Gasteiger partial charge in [0.05, 0.1) is 0 Å². The van der Waals surface area contributed by atoms with Crippen molar-refractivity contribution in [3.05, 3.63) is 0 Å². The Balaban J connectivity index is 2.76. The van der Waals surface area contributed by atoms with Crippen molar-refractivity contribution < 1.29 is 0 Å². The Morgan fingerprint density at radius 3 is 2.15 bits per heavy atom. The van der Waals surface area contributed by atoms with E-state index in [1.807, 2.05) is 7.05 Å². The fourth-order valence-corrected chi connectivity index (χ4v) is 2.29. The van der Waals surface area contributed by atoms with Gasteiger partial charge in [0.25, 0.3) is 0 Å². The SMILES string of the molecule is CCPCCCCCCCCNC. The van der Waals surface area contributed by atoms with Crippen LogP contribution in [0.15, 0.2) is 0 Å². The summed E-state index contributed by atoms with van der Waals surface area (Å²) in [6.45, 7) is 3.48. The molecule has 80 valence electrons. The molecule has 0 fully saturated rings. The minimum absolute atomic E-state index is 1.19. The quantitative estimate of drug-likeness (QED) is 0.424. The summed E-state index contributed by atoms with van der Waals surface area (Å²) >= 11 is 0. The van der Waals surface area contributed by atoms with Crippen LogP contribution in [0.5, 0.6) is 0 Å². The molecule has 1 N–H and O–H groups in total. The highest BCUT2D eigenvalue weighted by Gasteiger charge is 1.90. The van der Waals surface area contributed by atoms with Crippen molar-refractivity contribution in [2.45, 2.75) is 45.4 Å². The fourth-order valence-electron chi connectivity index (χ4n) is 1.44. The van der Waals surface area contributed by atoms with Gasteiger partial charge >= 0.3 is 0 Å². The summed E-state index contributed by atoms with van der Waals surface area (Å²) in [4.78, 5) is 0. The van der Waals surface area contributed by atoms with Gasteiger partial charge in [-0.3, -0.25) is 0 Å². The second-order valence-corrected chi connectivity index (χ2v) is 5.29. The smallest absolute Gasteiger partial charge is 0.00519 e. The van der Waals surface area contributed by atoms with Gasteiger partial charge in [-0.1, -0.05) is 32.6 Å². The first-order valence-electron chi connectivity index (χ1n) is 5.77. The molecule has 0 heterocycles. The monoisotopic (exact) mass is 203 g/mol. The maximum absolute atomic E-state index is 3.19. The predicted molar refractivity (Wildman–Crippen MR) is 65.4 cm³/mol.